The quantitative estimate of drug-likeness (QED) is 0.848. The van der Waals surface area contributed by atoms with Crippen LogP contribution in [0.1, 0.15) is 19.4 Å². The fourth-order valence-corrected chi connectivity index (χ4v) is 2.01. The Bertz CT molecular complexity index is 596. The van der Waals surface area contributed by atoms with Gasteiger partial charge in [0.1, 0.15) is 5.75 Å². The van der Waals surface area contributed by atoms with E-state index >= 15 is 0 Å². The first-order valence-corrected chi connectivity index (χ1v) is 6.95. The van der Waals surface area contributed by atoms with Crippen LogP contribution in [0.25, 0.3) is 0 Å². The van der Waals surface area contributed by atoms with Crippen LogP contribution in [0, 0.1) is 0 Å². The zero-order chi connectivity index (χ0) is 15.2. The Morgan fingerprint density at radius 1 is 1.10 bits per heavy atom. The molecule has 0 atom stereocenters. The van der Waals surface area contributed by atoms with Crippen molar-refractivity contribution in [3.63, 3.8) is 0 Å². The van der Waals surface area contributed by atoms with Gasteiger partial charge in [0.2, 0.25) is 0 Å². The number of phenolic OH excluding ortho intramolecular Hbond substituents is 1. The highest BCUT2D eigenvalue weighted by Gasteiger charge is 2.06. The highest BCUT2D eigenvalue weighted by atomic mass is 16.5. The van der Waals surface area contributed by atoms with Gasteiger partial charge < -0.3 is 19.9 Å². The van der Waals surface area contributed by atoms with Crippen LogP contribution in [-0.2, 0) is 6.54 Å². The third-order valence-electron chi connectivity index (χ3n) is 2.98. The van der Waals surface area contributed by atoms with Gasteiger partial charge in [-0.15, -0.1) is 0 Å². The summed E-state index contributed by atoms with van der Waals surface area (Å²) < 4.78 is 10.8. The summed E-state index contributed by atoms with van der Waals surface area (Å²) in [6.07, 6.45) is 0.123. The maximum absolute atomic E-state index is 9.78. The van der Waals surface area contributed by atoms with E-state index in [1.807, 2.05) is 44.2 Å². The Morgan fingerprint density at radius 3 is 2.52 bits per heavy atom. The van der Waals surface area contributed by atoms with Gasteiger partial charge in [-0.2, -0.15) is 0 Å². The number of rotatable bonds is 6. The van der Waals surface area contributed by atoms with Crippen LogP contribution in [0.15, 0.2) is 42.5 Å². The maximum Gasteiger partial charge on any atom is 0.160 e. The molecule has 2 rings (SSSR count). The Labute approximate surface area is 125 Å². The third-order valence-corrected chi connectivity index (χ3v) is 2.98. The highest BCUT2D eigenvalue weighted by molar-refractivity contribution is 5.56. The molecule has 2 N–H and O–H groups in total. The molecule has 21 heavy (non-hydrogen) atoms. The molecule has 2 aromatic rings. The van der Waals surface area contributed by atoms with Crippen LogP contribution in [0.2, 0.25) is 0 Å². The molecule has 4 heteroatoms. The third kappa shape index (κ3) is 4.05. The summed E-state index contributed by atoms with van der Waals surface area (Å²) in [5.41, 5.74) is 1.90. The van der Waals surface area contributed by atoms with Crippen molar-refractivity contribution < 1.29 is 14.6 Å². The average Bonchev–Trinajstić information content (AvgIpc) is 2.46. The standard InChI is InChI=1S/C17H21NO3/c1-12(2)21-16-7-5-4-6-14(16)18-11-13-8-9-17(20-3)15(19)10-13/h4-10,12,18-19H,11H2,1-3H3. The number of phenols is 1. The topological polar surface area (TPSA) is 50.7 Å². The minimum absolute atomic E-state index is 0.123. The molecular formula is C17H21NO3. The van der Waals surface area contributed by atoms with E-state index in [4.69, 9.17) is 9.47 Å². The molecule has 112 valence electrons. The molecule has 0 saturated carbocycles. The van der Waals surface area contributed by atoms with Crippen molar-refractivity contribution in [2.24, 2.45) is 0 Å². The molecular weight excluding hydrogens is 266 g/mol. The first-order chi connectivity index (χ1) is 10.1. The predicted molar refractivity (Wildman–Crippen MR) is 84.2 cm³/mol. The van der Waals surface area contributed by atoms with Crippen LogP contribution in [-0.4, -0.2) is 18.3 Å². The van der Waals surface area contributed by atoms with Gasteiger partial charge in [0.25, 0.3) is 0 Å². The molecule has 0 heterocycles. The molecule has 4 nitrogen and oxygen atoms in total. The number of hydrogen-bond acceptors (Lipinski definition) is 4. The van der Waals surface area contributed by atoms with E-state index in [-0.39, 0.29) is 11.9 Å². The van der Waals surface area contributed by atoms with E-state index < -0.39 is 0 Å². The van der Waals surface area contributed by atoms with Gasteiger partial charge >= 0.3 is 0 Å². The van der Waals surface area contributed by atoms with Gasteiger partial charge in [0.15, 0.2) is 11.5 Å². The number of anilines is 1. The van der Waals surface area contributed by atoms with Crippen molar-refractivity contribution in [2.45, 2.75) is 26.5 Å². The van der Waals surface area contributed by atoms with Crippen molar-refractivity contribution in [2.75, 3.05) is 12.4 Å². The lowest BCUT2D eigenvalue weighted by atomic mass is 10.2. The summed E-state index contributed by atoms with van der Waals surface area (Å²) in [6, 6.07) is 13.2. The second kappa shape index (κ2) is 6.88. The molecule has 0 saturated heterocycles. The minimum Gasteiger partial charge on any atom is -0.504 e. The summed E-state index contributed by atoms with van der Waals surface area (Å²) in [5.74, 6) is 1.44. The monoisotopic (exact) mass is 287 g/mol. The summed E-state index contributed by atoms with van der Waals surface area (Å²) in [6.45, 7) is 4.59. The molecule has 0 radical (unpaired) electrons. The molecule has 0 aliphatic rings. The Hall–Kier alpha value is -2.36. The van der Waals surface area contributed by atoms with Crippen molar-refractivity contribution in [1.29, 1.82) is 0 Å². The van der Waals surface area contributed by atoms with Crippen molar-refractivity contribution >= 4 is 5.69 Å². The fourth-order valence-electron chi connectivity index (χ4n) is 2.01. The van der Waals surface area contributed by atoms with Crippen LogP contribution in [0.4, 0.5) is 5.69 Å². The SMILES string of the molecule is COc1ccc(CNc2ccccc2OC(C)C)cc1O. The molecule has 0 fully saturated rings. The van der Waals surface area contributed by atoms with Gasteiger partial charge in [-0.3, -0.25) is 0 Å². The summed E-state index contributed by atoms with van der Waals surface area (Å²) in [5, 5.41) is 13.1. The van der Waals surface area contributed by atoms with E-state index in [2.05, 4.69) is 5.32 Å². The van der Waals surface area contributed by atoms with Gasteiger partial charge in [0, 0.05) is 6.54 Å². The molecule has 0 unspecified atom stereocenters. The largest absolute Gasteiger partial charge is 0.504 e. The summed E-state index contributed by atoms with van der Waals surface area (Å²) in [4.78, 5) is 0. The average molecular weight is 287 g/mol. The number of methoxy groups -OCH3 is 1. The van der Waals surface area contributed by atoms with E-state index in [1.54, 1.807) is 12.1 Å². The minimum atomic E-state index is 0.123. The number of para-hydroxylation sites is 2. The Morgan fingerprint density at radius 2 is 1.86 bits per heavy atom. The number of aromatic hydroxyl groups is 1. The zero-order valence-corrected chi connectivity index (χ0v) is 12.6. The lowest BCUT2D eigenvalue weighted by Crippen LogP contribution is -2.08. The number of hydrogen-bond donors (Lipinski definition) is 2. The van der Waals surface area contributed by atoms with E-state index in [0.29, 0.717) is 12.3 Å². The lowest BCUT2D eigenvalue weighted by Gasteiger charge is -2.15. The predicted octanol–water partition coefficient (Wildman–Crippen LogP) is 3.80. The van der Waals surface area contributed by atoms with Crippen LogP contribution >= 0.6 is 0 Å². The molecule has 0 amide bonds. The Balaban J connectivity index is 2.08. The first-order valence-electron chi connectivity index (χ1n) is 6.95. The number of ether oxygens (including phenoxy) is 2. The summed E-state index contributed by atoms with van der Waals surface area (Å²) >= 11 is 0. The van der Waals surface area contributed by atoms with Gasteiger partial charge in [-0.25, -0.2) is 0 Å². The van der Waals surface area contributed by atoms with Crippen LogP contribution in [0.5, 0.6) is 17.2 Å². The van der Waals surface area contributed by atoms with Gasteiger partial charge in [-0.1, -0.05) is 18.2 Å². The smallest absolute Gasteiger partial charge is 0.160 e. The molecule has 0 bridgehead atoms. The maximum atomic E-state index is 9.78. The van der Waals surface area contributed by atoms with Crippen molar-refractivity contribution in [1.82, 2.24) is 0 Å². The molecule has 0 aliphatic heterocycles. The molecule has 0 aromatic heterocycles. The van der Waals surface area contributed by atoms with Gasteiger partial charge in [-0.05, 0) is 43.7 Å². The molecule has 0 aliphatic carbocycles. The normalized spacial score (nSPS) is 10.5. The lowest BCUT2D eigenvalue weighted by molar-refractivity contribution is 0.243. The fraction of sp³-hybridized carbons (Fsp3) is 0.294. The second-order valence-electron chi connectivity index (χ2n) is 5.02. The zero-order valence-electron chi connectivity index (χ0n) is 12.6. The second-order valence-corrected chi connectivity index (χ2v) is 5.02. The van der Waals surface area contributed by atoms with E-state index in [1.165, 1.54) is 7.11 Å². The summed E-state index contributed by atoms with van der Waals surface area (Å²) in [7, 11) is 1.53. The Kier molecular flexibility index (Phi) is 4.93. The van der Waals surface area contributed by atoms with E-state index in [0.717, 1.165) is 17.0 Å². The first kappa shape index (κ1) is 15.0. The number of benzene rings is 2. The molecule has 2 aromatic carbocycles. The highest BCUT2D eigenvalue weighted by Crippen LogP contribution is 2.28. The van der Waals surface area contributed by atoms with Crippen LogP contribution < -0.4 is 14.8 Å². The van der Waals surface area contributed by atoms with Crippen molar-refractivity contribution in [3.05, 3.63) is 48.0 Å². The number of nitrogens with one attached hydrogen (secondary N) is 1. The van der Waals surface area contributed by atoms with Crippen molar-refractivity contribution in [3.8, 4) is 17.2 Å². The van der Waals surface area contributed by atoms with Crippen LogP contribution in [0.3, 0.4) is 0 Å². The van der Waals surface area contributed by atoms with Gasteiger partial charge in [0.05, 0.1) is 18.9 Å². The van der Waals surface area contributed by atoms with E-state index in [9.17, 15) is 5.11 Å². The molecule has 0 spiro atoms.